The summed E-state index contributed by atoms with van der Waals surface area (Å²) in [5, 5.41) is 3.43. The van der Waals surface area contributed by atoms with Crippen molar-refractivity contribution >= 4 is 23.2 Å². The Labute approximate surface area is 185 Å². The predicted molar refractivity (Wildman–Crippen MR) is 120 cm³/mol. The number of imidazole rings is 1. The molecule has 31 heavy (non-hydrogen) atoms. The quantitative estimate of drug-likeness (QED) is 0.660. The molecule has 0 fully saturated rings. The van der Waals surface area contributed by atoms with Crippen LogP contribution in [0.4, 0.5) is 4.39 Å². The van der Waals surface area contributed by atoms with Gasteiger partial charge in [-0.05, 0) is 51.4 Å². The van der Waals surface area contributed by atoms with Crippen molar-refractivity contribution in [2.75, 3.05) is 27.2 Å². The Morgan fingerprint density at radius 1 is 1.23 bits per heavy atom. The summed E-state index contributed by atoms with van der Waals surface area (Å²) in [6.07, 6.45) is 0. The number of aryl methyl sites for hydroxylation is 1. The van der Waals surface area contributed by atoms with E-state index in [0.29, 0.717) is 45.6 Å². The number of fused-ring (bicyclic) bond motifs is 3. The molecular formula is C23H23ClFN5O. The van der Waals surface area contributed by atoms with Gasteiger partial charge in [-0.3, -0.25) is 14.4 Å². The number of carbonyl (C=O) groups excluding carboxylic acids is 1. The average molecular weight is 440 g/mol. The maximum Gasteiger partial charge on any atom is 0.271 e. The third kappa shape index (κ3) is 4.11. The Morgan fingerprint density at radius 3 is 2.74 bits per heavy atom. The van der Waals surface area contributed by atoms with Crippen molar-refractivity contribution in [1.82, 2.24) is 19.8 Å². The van der Waals surface area contributed by atoms with E-state index in [1.807, 2.05) is 36.6 Å². The molecule has 1 N–H and O–H groups in total. The van der Waals surface area contributed by atoms with Gasteiger partial charge in [-0.25, -0.2) is 9.37 Å². The van der Waals surface area contributed by atoms with Crippen LogP contribution in [0.1, 0.15) is 33.1 Å². The van der Waals surface area contributed by atoms with Gasteiger partial charge >= 0.3 is 0 Å². The van der Waals surface area contributed by atoms with Gasteiger partial charge in [0.15, 0.2) is 5.69 Å². The number of rotatable bonds is 5. The molecule has 4 rings (SSSR count). The molecule has 6 nitrogen and oxygen atoms in total. The lowest BCUT2D eigenvalue weighted by molar-refractivity contribution is 0.0945. The molecule has 1 aromatic heterocycles. The maximum atomic E-state index is 14.6. The van der Waals surface area contributed by atoms with Crippen molar-refractivity contribution in [2.24, 2.45) is 4.99 Å². The standard InChI is InChI=1S/C23H23ClFN5O/c1-14-28-22(23(31)26-10-11-29(2)3)20-13-27-21(16-6-4-5-7-18(16)25)17-12-15(24)8-9-19(17)30(14)20/h4-9,12H,10-11,13H2,1-3H3,(H,26,31). The topological polar surface area (TPSA) is 62.5 Å². The number of amides is 1. The van der Waals surface area contributed by atoms with E-state index in [2.05, 4.69) is 10.3 Å². The molecule has 0 unspecified atom stereocenters. The van der Waals surface area contributed by atoms with Gasteiger partial charge in [0.2, 0.25) is 0 Å². The van der Waals surface area contributed by atoms with Crippen LogP contribution in [0.5, 0.6) is 0 Å². The number of carbonyl (C=O) groups is 1. The summed E-state index contributed by atoms with van der Waals surface area (Å²) in [6.45, 7) is 3.25. The minimum absolute atomic E-state index is 0.188. The maximum absolute atomic E-state index is 14.6. The average Bonchev–Trinajstić information content (AvgIpc) is 2.95. The first-order valence-corrected chi connectivity index (χ1v) is 10.4. The molecule has 0 radical (unpaired) electrons. The molecule has 0 spiro atoms. The van der Waals surface area contributed by atoms with Crippen LogP contribution >= 0.6 is 11.6 Å². The zero-order chi connectivity index (χ0) is 22.1. The van der Waals surface area contributed by atoms with Crippen LogP contribution in [0.15, 0.2) is 47.5 Å². The second-order valence-corrected chi connectivity index (χ2v) is 8.09. The van der Waals surface area contributed by atoms with E-state index in [4.69, 9.17) is 16.6 Å². The second-order valence-electron chi connectivity index (χ2n) is 7.66. The second kappa shape index (κ2) is 8.61. The highest BCUT2D eigenvalue weighted by molar-refractivity contribution is 6.31. The van der Waals surface area contributed by atoms with Gasteiger partial charge in [0.1, 0.15) is 11.6 Å². The molecule has 0 saturated heterocycles. The number of halogens is 2. The summed E-state index contributed by atoms with van der Waals surface area (Å²) in [5.74, 6) is 0.0373. The van der Waals surface area contributed by atoms with Crippen LogP contribution in [0.2, 0.25) is 5.02 Å². The highest BCUT2D eigenvalue weighted by atomic mass is 35.5. The largest absolute Gasteiger partial charge is 0.349 e. The fourth-order valence-electron chi connectivity index (χ4n) is 3.72. The Morgan fingerprint density at radius 2 is 2.00 bits per heavy atom. The Bertz CT molecular complexity index is 1180. The molecule has 8 heteroatoms. The molecule has 0 atom stereocenters. The molecule has 1 aliphatic rings. The zero-order valence-electron chi connectivity index (χ0n) is 17.6. The van der Waals surface area contributed by atoms with Crippen molar-refractivity contribution in [3.8, 4) is 5.69 Å². The number of benzene rings is 2. The van der Waals surface area contributed by atoms with Crippen molar-refractivity contribution < 1.29 is 9.18 Å². The fourth-order valence-corrected chi connectivity index (χ4v) is 3.89. The molecule has 0 aliphatic carbocycles. The number of hydrogen-bond acceptors (Lipinski definition) is 4. The summed E-state index contributed by atoms with van der Waals surface area (Å²) in [7, 11) is 3.89. The summed E-state index contributed by atoms with van der Waals surface area (Å²) in [6, 6.07) is 11.9. The van der Waals surface area contributed by atoms with Crippen LogP contribution in [0.3, 0.4) is 0 Å². The number of aliphatic imine (C=N–C) groups is 1. The molecule has 0 saturated carbocycles. The monoisotopic (exact) mass is 439 g/mol. The normalized spacial score (nSPS) is 12.8. The summed E-state index contributed by atoms with van der Waals surface area (Å²) in [4.78, 5) is 24.1. The molecule has 3 aromatic rings. The third-order valence-electron chi connectivity index (χ3n) is 5.17. The Hall–Kier alpha value is -3.03. The SMILES string of the molecule is Cc1nc(C(=O)NCCN(C)C)c2n1-c1ccc(Cl)cc1C(c1ccccc1F)=NC2. The minimum atomic E-state index is -0.366. The summed E-state index contributed by atoms with van der Waals surface area (Å²) >= 11 is 6.29. The van der Waals surface area contributed by atoms with E-state index >= 15 is 0 Å². The Kier molecular flexibility index (Phi) is 5.89. The van der Waals surface area contributed by atoms with E-state index in [-0.39, 0.29) is 18.3 Å². The third-order valence-corrected chi connectivity index (χ3v) is 5.41. The number of nitrogens with zero attached hydrogens (tertiary/aromatic N) is 4. The van der Waals surface area contributed by atoms with Crippen LogP contribution < -0.4 is 5.32 Å². The molecule has 0 bridgehead atoms. The number of nitrogens with one attached hydrogen (secondary N) is 1. The Balaban J connectivity index is 1.83. The van der Waals surface area contributed by atoms with Gasteiger partial charge in [-0.2, -0.15) is 0 Å². The van der Waals surface area contributed by atoms with E-state index < -0.39 is 0 Å². The van der Waals surface area contributed by atoms with Crippen molar-refractivity contribution in [3.05, 3.63) is 81.6 Å². The van der Waals surface area contributed by atoms with E-state index in [0.717, 1.165) is 12.2 Å². The fraction of sp³-hybridized carbons (Fsp3) is 0.261. The molecule has 2 aromatic carbocycles. The van der Waals surface area contributed by atoms with E-state index in [1.165, 1.54) is 6.07 Å². The lowest BCUT2D eigenvalue weighted by atomic mass is 10.00. The van der Waals surface area contributed by atoms with Gasteiger partial charge in [0, 0.05) is 29.2 Å². The number of likely N-dealkylation sites (N-methyl/N-ethyl adjacent to an activating group) is 1. The lowest BCUT2D eigenvalue weighted by Gasteiger charge is -2.14. The highest BCUT2D eigenvalue weighted by Gasteiger charge is 2.27. The predicted octanol–water partition coefficient (Wildman–Crippen LogP) is 3.62. The smallest absolute Gasteiger partial charge is 0.271 e. The molecule has 2 heterocycles. The minimum Gasteiger partial charge on any atom is -0.349 e. The molecular weight excluding hydrogens is 417 g/mol. The highest BCUT2D eigenvalue weighted by Crippen LogP contribution is 2.30. The lowest BCUT2D eigenvalue weighted by Crippen LogP contribution is -2.32. The van der Waals surface area contributed by atoms with Crippen LogP contribution in [-0.2, 0) is 6.54 Å². The number of aromatic nitrogens is 2. The van der Waals surface area contributed by atoms with Crippen molar-refractivity contribution in [2.45, 2.75) is 13.5 Å². The van der Waals surface area contributed by atoms with Gasteiger partial charge in [0.05, 0.1) is 23.6 Å². The van der Waals surface area contributed by atoms with Gasteiger partial charge in [-0.1, -0.05) is 23.7 Å². The number of hydrogen-bond donors (Lipinski definition) is 1. The zero-order valence-corrected chi connectivity index (χ0v) is 18.4. The molecule has 1 aliphatic heterocycles. The van der Waals surface area contributed by atoms with Crippen LogP contribution in [0.25, 0.3) is 5.69 Å². The summed E-state index contributed by atoms with van der Waals surface area (Å²) in [5.41, 5.74) is 3.33. The van der Waals surface area contributed by atoms with Gasteiger partial charge in [-0.15, -0.1) is 0 Å². The molecule has 160 valence electrons. The van der Waals surface area contributed by atoms with Crippen LogP contribution in [0, 0.1) is 12.7 Å². The van der Waals surface area contributed by atoms with Crippen molar-refractivity contribution in [3.63, 3.8) is 0 Å². The first kappa shape index (κ1) is 21.2. The van der Waals surface area contributed by atoms with Crippen molar-refractivity contribution in [1.29, 1.82) is 0 Å². The summed E-state index contributed by atoms with van der Waals surface area (Å²) < 4.78 is 16.6. The van der Waals surface area contributed by atoms with Crippen LogP contribution in [-0.4, -0.2) is 53.3 Å². The first-order valence-electron chi connectivity index (χ1n) is 9.97. The van der Waals surface area contributed by atoms with E-state index in [1.54, 1.807) is 30.3 Å². The van der Waals surface area contributed by atoms with Gasteiger partial charge < -0.3 is 10.2 Å². The van der Waals surface area contributed by atoms with E-state index in [9.17, 15) is 9.18 Å². The molecule has 1 amide bonds. The van der Waals surface area contributed by atoms with Gasteiger partial charge in [0.25, 0.3) is 5.91 Å². The first-order chi connectivity index (χ1) is 14.9.